The van der Waals surface area contributed by atoms with Crippen molar-refractivity contribution in [2.75, 3.05) is 6.61 Å². The van der Waals surface area contributed by atoms with E-state index in [0.29, 0.717) is 17.6 Å². The predicted octanol–water partition coefficient (Wildman–Crippen LogP) is 4.23. The summed E-state index contributed by atoms with van der Waals surface area (Å²) in [7, 11) is 1.80. The minimum atomic E-state index is -1.13. The van der Waals surface area contributed by atoms with Gasteiger partial charge in [0, 0.05) is 18.6 Å². The number of carbonyl (C=O) groups is 1. The fraction of sp³-hybridized carbons (Fsp3) is 0.381. The summed E-state index contributed by atoms with van der Waals surface area (Å²) in [4.78, 5) is 15.4. The second-order valence-corrected chi connectivity index (χ2v) is 7.89. The Balaban J connectivity index is 1.83. The molecule has 0 fully saturated rings. The predicted molar refractivity (Wildman–Crippen MR) is 108 cm³/mol. The van der Waals surface area contributed by atoms with Crippen molar-refractivity contribution in [1.29, 1.82) is 0 Å². The molecule has 0 saturated heterocycles. The Hall–Kier alpha value is -3.16. The first-order valence-corrected chi connectivity index (χ1v) is 9.39. The third kappa shape index (κ3) is 4.64. The summed E-state index contributed by atoms with van der Waals surface area (Å²) in [5.74, 6) is -0.192. The van der Waals surface area contributed by atoms with Crippen LogP contribution in [0.25, 0.3) is 22.2 Å². The number of nitrogens with one attached hydrogen (secondary N) is 1. The highest BCUT2D eigenvalue weighted by molar-refractivity contribution is 5.92. The summed E-state index contributed by atoms with van der Waals surface area (Å²) in [5, 5.41) is 16.6. The summed E-state index contributed by atoms with van der Waals surface area (Å²) in [5.41, 5.74) is 1.40. The lowest BCUT2D eigenvalue weighted by molar-refractivity contribution is 0.141. The smallest absolute Gasteiger partial charge is 0.405 e. The second kappa shape index (κ2) is 8.06. The number of amides is 1. The molecule has 29 heavy (non-hydrogen) atoms. The van der Waals surface area contributed by atoms with Gasteiger partial charge in [0.05, 0.1) is 11.7 Å². The molecule has 2 aromatic heterocycles. The molecular weight excluding hydrogens is 375 g/mol. The molecular formula is C21H25FN4O3. The van der Waals surface area contributed by atoms with Gasteiger partial charge in [-0.25, -0.2) is 14.2 Å². The number of pyridine rings is 1. The Morgan fingerprint density at radius 2 is 2.14 bits per heavy atom. The molecule has 1 unspecified atom stereocenters. The SMILES string of the molecule is CC(C)CC(C)(COc1ccc(-c2ccnc3c2cnn3C)cc1F)NC(=O)O. The van der Waals surface area contributed by atoms with Crippen LogP contribution in [0.2, 0.25) is 0 Å². The van der Waals surface area contributed by atoms with Crippen LogP contribution >= 0.6 is 0 Å². The minimum absolute atomic E-state index is 0.0237. The number of ether oxygens (including phenoxy) is 1. The van der Waals surface area contributed by atoms with Crippen molar-refractivity contribution >= 4 is 17.1 Å². The van der Waals surface area contributed by atoms with E-state index in [-0.39, 0.29) is 18.3 Å². The lowest BCUT2D eigenvalue weighted by atomic mass is 9.91. The molecule has 8 heteroatoms. The number of aryl methyl sites for hydroxylation is 1. The number of halogens is 1. The van der Waals surface area contributed by atoms with E-state index in [1.165, 1.54) is 6.07 Å². The summed E-state index contributed by atoms with van der Waals surface area (Å²) < 4.78 is 22.1. The van der Waals surface area contributed by atoms with E-state index in [0.717, 1.165) is 10.9 Å². The molecule has 0 aliphatic carbocycles. The topological polar surface area (TPSA) is 89.3 Å². The average Bonchev–Trinajstić information content (AvgIpc) is 3.00. The number of rotatable bonds is 7. The second-order valence-electron chi connectivity index (χ2n) is 7.89. The molecule has 0 aliphatic heterocycles. The highest BCUT2D eigenvalue weighted by Crippen LogP contribution is 2.31. The quantitative estimate of drug-likeness (QED) is 0.620. The van der Waals surface area contributed by atoms with Crippen molar-refractivity contribution in [2.24, 2.45) is 13.0 Å². The maximum absolute atomic E-state index is 14.7. The number of hydrogen-bond acceptors (Lipinski definition) is 4. The first-order valence-electron chi connectivity index (χ1n) is 9.39. The lowest BCUT2D eigenvalue weighted by Crippen LogP contribution is -2.50. The van der Waals surface area contributed by atoms with E-state index in [4.69, 9.17) is 9.84 Å². The van der Waals surface area contributed by atoms with Crippen LogP contribution in [0.1, 0.15) is 27.2 Å². The zero-order valence-corrected chi connectivity index (χ0v) is 16.9. The van der Waals surface area contributed by atoms with Crippen LogP contribution in [0.4, 0.5) is 9.18 Å². The number of fused-ring (bicyclic) bond motifs is 1. The number of nitrogens with zero attached hydrogens (tertiary/aromatic N) is 3. The molecule has 3 rings (SSSR count). The molecule has 1 aromatic carbocycles. The van der Waals surface area contributed by atoms with Gasteiger partial charge in [-0.2, -0.15) is 5.10 Å². The molecule has 0 aliphatic rings. The summed E-state index contributed by atoms with van der Waals surface area (Å²) in [6, 6.07) is 6.55. The molecule has 1 atom stereocenters. The molecule has 0 saturated carbocycles. The van der Waals surface area contributed by atoms with Crippen LogP contribution in [0, 0.1) is 11.7 Å². The van der Waals surface area contributed by atoms with Crippen molar-refractivity contribution in [1.82, 2.24) is 20.1 Å². The molecule has 2 N–H and O–H groups in total. The van der Waals surface area contributed by atoms with Crippen molar-refractivity contribution in [3.05, 3.63) is 42.5 Å². The van der Waals surface area contributed by atoms with E-state index in [1.54, 1.807) is 43.2 Å². The van der Waals surface area contributed by atoms with E-state index in [1.807, 2.05) is 19.9 Å². The molecule has 3 aromatic rings. The van der Waals surface area contributed by atoms with Gasteiger partial charge in [-0.05, 0) is 48.6 Å². The normalized spacial score (nSPS) is 13.4. The van der Waals surface area contributed by atoms with E-state index >= 15 is 0 Å². The maximum Gasteiger partial charge on any atom is 0.405 e. The van der Waals surface area contributed by atoms with Crippen molar-refractivity contribution in [3.8, 4) is 16.9 Å². The van der Waals surface area contributed by atoms with Crippen LogP contribution in [-0.2, 0) is 7.05 Å². The third-order valence-electron chi connectivity index (χ3n) is 4.69. The molecule has 1 amide bonds. The van der Waals surface area contributed by atoms with Crippen molar-refractivity contribution in [2.45, 2.75) is 32.7 Å². The first-order chi connectivity index (χ1) is 13.7. The van der Waals surface area contributed by atoms with Crippen molar-refractivity contribution < 1.29 is 19.0 Å². The van der Waals surface area contributed by atoms with Gasteiger partial charge in [-0.3, -0.25) is 4.68 Å². The van der Waals surface area contributed by atoms with Gasteiger partial charge in [0.25, 0.3) is 0 Å². The monoisotopic (exact) mass is 400 g/mol. The Kier molecular flexibility index (Phi) is 5.72. The zero-order chi connectivity index (χ0) is 21.2. The number of aromatic nitrogens is 3. The Morgan fingerprint density at radius 3 is 2.79 bits per heavy atom. The van der Waals surface area contributed by atoms with E-state index in [9.17, 15) is 9.18 Å². The number of carboxylic acid groups (broad SMARTS) is 1. The lowest BCUT2D eigenvalue weighted by Gasteiger charge is -2.31. The number of benzene rings is 1. The highest BCUT2D eigenvalue weighted by atomic mass is 19.1. The number of hydrogen-bond donors (Lipinski definition) is 2. The van der Waals surface area contributed by atoms with Gasteiger partial charge >= 0.3 is 6.09 Å². The van der Waals surface area contributed by atoms with E-state index in [2.05, 4.69) is 15.4 Å². The van der Waals surface area contributed by atoms with Gasteiger partial charge in [0.2, 0.25) is 0 Å². The fourth-order valence-electron chi connectivity index (χ4n) is 3.63. The summed E-state index contributed by atoms with van der Waals surface area (Å²) in [6.07, 6.45) is 2.80. The maximum atomic E-state index is 14.7. The van der Waals surface area contributed by atoms with E-state index < -0.39 is 17.4 Å². The molecule has 0 radical (unpaired) electrons. The highest BCUT2D eigenvalue weighted by Gasteiger charge is 2.29. The van der Waals surface area contributed by atoms with Crippen LogP contribution in [-0.4, -0.2) is 38.1 Å². The largest absolute Gasteiger partial charge is 0.488 e. The van der Waals surface area contributed by atoms with Gasteiger partial charge in [0.15, 0.2) is 17.2 Å². The summed E-state index contributed by atoms with van der Waals surface area (Å²) >= 11 is 0. The van der Waals surface area contributed by atoms with Gasteiger partial charge in [-0.1, -0.05) is 19.9 Å². The van der Waals surface area contributed by atoms with Crippen LogP contribution in [0.3, 0.4) is 0 Å². The first kappa shape index (κ1) is 20.6. The summed E-state index contributed by atoms with van der Waals surface area (Å²) in [6.45, 7) is 5.76. The standard InChI is InChI=1S/C21H25FN4O3/c1-13(2)10-21(3,25-20(27)28)12-29-18-6-5-14(9-17(18)22)15-7-8-23-19-16(15)11-24-26(19)4/h5-9,11,13,25H,10,12H2,1-4H3,(H,27,28). The zero-order valence-electron chi connectivity index (χ0n) is 16.9. The Morgan fingerprint density at radius 1 is 1.38 bits per heavy atom. The fourth-order valence-corrected chi connectivity index (χ4v) is 3.63. The van der Waals surface area contributed by atoms with Crippen LogP contribution < -0.4 is 10.1 Å². The van der Waals surface area contributed by atoms with Gasteiger partial charge in [0.1, 0.15) is 6.61 Å². The van der Waals surface area contributed by atoms with Crippen LogP contribution in [0.15, 0.2) is 36.7 Å². The minimum Gasteiger partial charge on any atom is -0.488 e. The Labute approximate surface area is 168 Å². The Bertz CT molecular complexity index is 1030. The molecule has 0 spiro atoms. The van der Waals surface area contributed by atoms with Crippen molar-refractivity contribution in [3.63, 3.8) is 0 Å². The third-order valence-corrected chi connectivity index (χ3v) is 4.69. The molecule has 7 nitrogen and oxygen atoms in total. The van der Waals surface area contributed by atoms with Crippen LogP contribution in [0.5, 0.6) is 5.75 Å². The molecule has 2 heterocycles. The van der Waals surface area contributed by atoms with Gasteiger partial charge in [-0.15, -0.1) is 0 Å². The molecule has 0 bridgehead atoms. The molecule has 154 valence electrons. The van der Waals surface area contributed by atoms with Gasteiger partial charge < -0.3 is 15.2 Å². The average molecular weight is 400 g/mol.